The summed E-state index contributed by atoms with van der Waals surface area (Å²) in [5.74, 6) is 3.41. The van der Waals surface area contributed by atoms with Crippen LogP contribution in [0.2, 0.25) is 0 Å². The van der Waals surface area contributed by atoms with Gasteiger partial charge < -0.3 is 14.3 Å². The lowest BCUT2D eigenvalue weighted by atomic mass is 9.95. The number of aryl methyl sites for hydroxylation is 3. The Kier molecular flexibility index (Phi) is 5.28. The molecule has 8 nitrogen and oxygen atoms in total. The summed E-state index contributed by atoms with van der Waals surface area (Å²) in [7, 11) is 2.10. The van der Waals surface area contributed by atoms with Crippen LogP contribution in [-0.2, 0) is 17.6 Å². The molecule has 0 bridgehead atoms. The van der Waals surface area contributed by atoms with Gasteiger partial charge in [-0.1, -0.05) is 5.16 Å². The molecule has 28 heavy (non-hydrogen) atoms. The highest BCUT2D eigenvalue weighted by molar-refractivity contribution is 5.76. The molecule has 0 radical (unpaired) electrons. The van der Waals surface area contributed by atoms with Gasteiger partial charge in [0.15, 0.2) is 5.82 Å². The molecule has 4 heterocycles. The van der Waals surface area contributed by atoms with Crippen LogP contribution < -0.4 is 4.90 Å². The number of fused-ring (bicyclic) bond motifs is 1. The van der Waals surface area contributed by atoms with E-state index in [1.807, 2.05) is 4.90 Å². The molecule has 1 amide bonds. The molecule has 1 fully saturated rings. The van der Waals surface area contributed by atoms with Crippen molar-refractivity contribution in [1.82, 2.24) is 25.0 Å². The van der Waals surface area contributed by atoms with Crippen LogP contribution in [-0.4, -0.2) is 57.6 Å². The van der Waals surface area contributed by atoms with Crippen molar-refractivity contribution in [2.75, 3.05) is 31.6 Å². The molecule has 0 N–H and O–H groups in total. The second-order valence-electron chi connectivity index (χ2n) is 7.91. The number of amides is 1. The van der Waals surface area contributed by atoms with Crippen molar-refractivity contribution < 1.29 is 9.32 Å². The van der Waals surface area contributed by atoms with Crippen molar-refractivity contribution >= 4 is 11.7 Å². The lowest BCUT2D eigenvalue weighted by molar-refractivity contribution is -0.132. The Labute approximate surface area is 165 Å². The molecule has 0 aliphatic carbocycles. The predicted octanol–water partition coefficient (Wildman–Crippen LogP) is 2.20. The van der Waals surface area contributed by atoms with Crippen LogP contribution in [0.25, 0.3) is 0 Å². The molecule has 150 valence electrons. The van der Waals surface area contributed by atoms with Crippen LogP contribution in [0.1, 0.15) is 60.4 Å². The fourth-order valence-corrected chi connectivity index (χ4v) is 4.22. The standard InChI is InChI=1S/C20H28N6O2/c1-13-16-7-5-10-25(3)20(16)23-19(21-13)15-6-4-11-26(12-15)18(27)9-8-17-22-14(2)24-28-17/h15H,4-12H2,1-3H3/t15-/m1/s1. The Hall–Kier alpha value is -2.51. The third-order valence-electron chi connectivity index (χ3n) is 5.75. The van der Waals surface area contributed by atoms with Crippen molar-refractivity contribution in [3.63, 3.8) is 0 Å². The van der Waals surface area contributed by atoms with E-state index in [1.165, 1.54) is 5.56 Å². The first-order valence-electron chi connectivity index (χ1n) is 10.2. The molecule has 0 aromatic carbocycles. The van der Waals surface area contributed by atoms with E-state index >= 15 is 0 Å². The average molecular weight is 384 g/mol. The smallest absolute Gasteiger partial charge is 0.227 e. The normalized spacial score (nSPS) is 19.6. The molecule has 2 aliphatic rings. The highest BCUT2D eigenvalue weighted by Gasteiger charge is 2.29. The molecule has 4 rings (SSSR count). The Morgan fingerprint density at radius 3 is 2.82 bits per heavy atom. The quantitative estimate of drug-likeness (QED) is 0.798. The summed E-state index contributed by atoms with van der Waals surface area (Å²) in [6.07, 6.45) is 5.08. The van der Waals surface area contributed by atoms with Crippen LogP contribution in [0.3, 0.4) is 0 Å². The number of likely N-dealkylation sites (tertiary alicyclic amines) is 1. The SMILES string of the molecule is Cc1noc(CCC(=O)N2CCC[C@@H](c3nc(C)c4c(n3)N(C)CCC4)C2)n1. The number of piperidine rings is 1. The topological polar surface area (TPSA) is 88.2 Å². The first-order chi connectivity index (χ1) is 13.5. The minimum atomic E-state index is 0.132. The summed E-state index contributed by atoms with van der Waals surface area (Å²) in [5, 5.41) is 3.78. The van der Waals surface area contributed by atoms with Crippen LogP contribution in [0.4, 0.5) is 5.82 Å². The van der Waals surface area contributed by atoms with Gasteiger partial charge in [0.05, 0.1) is 0 Å². The van der Waals surface area contributed by atoms with Gasteiger partial charge in [-0.3, -0.25) is 4.79 Å². The molecule has 1 saturated heterocycles. The predicted molar refractivity (Wildman–Crippen MR) is 104 cm³/mol. The zero-order valence-electron chi connectivity index (χ0n) is 16.9. The van der Waals surface area contributed by atoms with E-state index < -0.39 is 0 Å². The number of carbonyl (C=O) groups is 1. The Bertz CT molecular complexity index is 864. The maximum absolute atomic E-state index is 12.7. The number of nitrogens with zero attached hydrogens (tertiary/aromatic N) is 6. The van der Waals surface area contributed by atoms with E-state index in [2.05, 4.69) is 29.0 Å². The number of aromatic nitrogens is 4. The summed E-state index contributed by atoms with van der Waals surface area (Å²) >= 11 is 0. The van der Waals surface area contributed by atoms with E-state index in [1.54, 1.807) is 6.92 Å². The fraction of sp³-hybridized carbons (Fsp3) is 0.650. The number of anilines is 1. The number of rotatable bonds is 4. The molecular formula is C20H28N6O2. The lowest BCUT2D eigenvalue weighted by Gasteiger charge is -2.33. The van der Waals surface area contributed by atoms with E-state index in [9.17, 15) is 4.79 Å². The summed E-state index contributed by atoms with van der Waals surface area (Å²) in [5.41, 5.74) is 2.36. The molecule has 8 heteroatoms. The molecule has 0 unspecified atom stereocenters. The van der Waals surface area contributed by atoms with Crippen LogP contribution in [0.5, 0.6) is 0 Å². The Morgan fingerprint density at radius 1 is 1.18 bits per heavy atom. The summed E-state index contributed by atoms with van der Waals surface area (Å²) in [6.45, 7) is 6.38. The molecule has 1 atom stereocenters. The van der Waals surface area contributed by atoms with Crippen molar-refractivity contribution in [3.05, 3.63) is 28.8 Å². The van der Waals surface area contributed by atoms with Gasteiger partial charge in [0.2, 0.25) is 11.8 Å². The third-order valence-corrected chi connectivity index (χ3v) is 5.75. The maximum Gasteiger partial charge on any atom is 0.227 e. The second kappa shape index (κ2) is 7.85. The molecule has 2 aliphatic heterocycles. The van der Waals surface area contributed by atoms with E-state index in [4.69, 9.17) is 14.5 Å². The zero-order valence-corrected chi connectivity index (χ0v) is 16.9. The van der Waals surface area contributed by atoms with Crippen molar-refractivity contribution in [1.29, 1.82) is 0 Å². The fourth-order valence-electron chi connectivity index (χ4n) is 4.22. The van der Waals surface area contributed by atoms with Crippen LogP contribution in [0, 0.1) is 13.8 Å². The third kappa shape index (κ3) is 3.86. The second-order valence-corrected chi connectivity index (χ2v) is 7.91. The molecule has 2 aromatic heterocycles. The summed E-state index contributed by atoms with van der Waals surface area (Å²) in [6, 6.07) is 0. The number of hydrogen-bond donors (Lipinski definition) is 0. The monoisotopic (exact) mass is 384 g/mol. The van der Waals surface area contributed by atoms with Gasteiger partial charge in [-0.25, -0.2) is 9.97 Å². The summed E-state index contributed by atoms with van der Waals surface area (Å²) < 4.78 is 5.11. The zero-order chi connectivity index (χ0) is 19.7. The lowest BCUT2D eigenvalue weighted by Crippen LogP contribution is -2.40. The van der Waals surface area contributed by atoms with Gasteiger partial charge in [0.25, 0.3) is 0 Å². The van der Waals surface area contributed by atoms with Gasteiger partial charge in [0.1, 0.15) is 11.6 Å². The highest BCUT2D eigenvalue weighted by Crippen LogP contribution is 2.31. The van der Waals surface area contributed by atoms with Crippen molar-refractivity contribution in [2.24, 2.45) is 0 Å². The molecular weight excluding hydrogens is 356 g/mol. The van der Waals surface area contributed by atoms with Gasteiger partial charge in [0, 0.05) is 56.7 Å². The van der Waals surface area contributed by atoms with E-state index in [-0.39, 0.29) is 11.8 Å². The number of carbonyl (C=O) groups excluding carboxylic acids is 1. The Morgan fingerprint density at radius 2 is 2.04 bits per heavy atom. The highest BCUT2D eigenvalue weighted by atomic mass is 16.5. The number of hydrogen-bond acceptors (Lipinski definition) is 7. The van der Waals surface area contributed by atoms with Gasteiger partial charge >= 0.3 is 0 Å². The van der Waals surface area contributed by atoms with Gasteiger partial charge in [-0.2, -0.15) is 4.98 Å². The first-order valence-corrected chi connectivity index (χ1v) is 10.2. The molecule has 0 saturated carbocycles. The van der Waals surface area contributed by atoms with Crippen molar-refractivity contribution in [2.45, 2.75) is 58.3 Å². The molecule has 0 spiro atoms. The minimum Gasteiger partial charge on any atom is -0.359 e. The average Bonchev–Trinajstić information content (AvgIpc) is 3.12. The van der Waals surface area contributed by atoms with Gasteiger partial charge in [-0.15, -0.1) is 0 Å². The largest absolute Gasteiger partial charge is 0.359 e. The van der Waals surface area contributed by atoms with E-state index in [0.29, 0.717) is 31.1 Å². The Balaban J connectivity index is 1.44. The minimum absolute atomic E-state index is 0.132. The first kappa shape index (κ1) is 18.8. The maximum atomic E-state index is 12.7. The molecule has 2 aromatic rings. The van der Waals surface area contributed by atoms with Gasteiger partial charge in [-0.05, 0) is 39.5 Å². The summed E-state index contributed by atoms with van der Waals surface area (Å²) in [4.78, 5) is 30.8. The van der Waals surface area contributed by atoms with Crippen LogP contribution >= 0.6 is 0 Å². The van der Waals surface area contributed by atoms with Crippen LogP contribution in [0.15, 0.2) is 4.52 Å². The van der Waals surface area contributed by atoms with Crippen molar-refractivity contribution in [3.8, 4) is 0 Å². The van der Waals surface area contributed by atoms with E-state index in [0.717, 1.165) is 56.1 Å².